The van der Waals surface area contributed by atoms with Gasteiger partial charge in [0.25, 0.3) is 5.91 Å². The molecule has 0 aliphatic rings. The summed E-state index contributed by atoms with van der Waals surface area (Å²) in [4.78, 5) is 20.0. The van der Waals surface area contributed by atoms with Gasteiger partial charge in [-0.15, -0.1) is 11.3 Å². The number of thiophene rings is 1. The molecule has 3 rings (SSSR count). The standard InChI is InChI=1S/C23H28N2OS/c1-3-4-5-6-7-10-15-24-23(26)19-16-21(22-14-13-17(2)27-22)25-20-12-9-8-11-18(19)20/h8-9,11-14,16H,3-7,10,15H2,1-2H3,(H,24,26). The third kappa shape index (κ3) is 5.16. The summed E-state index contributed by atoms with van der Waals surface area (Å²) in [5.74, 6) is -0.00307. The Balaban J connectivity index is 1.73. The Morgan fingerprint density at radius 1 is 1.04 bits per heavy atom. The third-order valence-electron chi connectivity index (χ3n) is 4.77. The van der Waals surface area contributed by atoms with Crippen LogP contribution in [0.15, 0.2) is 42.5 Å². The molecule has 0 aliphatic heterocycles. The number of hydrogen-bond donors (Lipinski definition) is 1. The number of unbranched alkanes of at least 4 members (excludes halogenated alkanes) is 5. The molecule has 3 aromatic rings. The quantitative estimate of drug-likeness (QED) is 0.439. The average Bonchev–Trinajstić information content (AvgIpc) is 3.12. The molecule has 0 unspecified atom stereocenters. The molecular formula is C23H28N2OS. The van der Waals surface area contributed by atoms with Gasteiger partial charge in [0.05, 0.1) is 21.7 Å². The summed E-state index contributed by atoms with van der Waals surface area (Å²) in [5.41, 5.74) is 2.45. The van der Waals surface area contributed by atoms with Crippen LogP contribution in [0.1, 0.15) is 60.7 Å². The van der Waals surface area contributed by atoms with Crippen molar-refractivity contribution in [1.82, 2.24) is 10.3 Å². The first-order valence-corrected chi connectivity index (χ1v) is 10.8. The number of pyridine rings is 1. The van der Waals surface area contributed by atoms with Gasteiger partial charge in [-0.1, -0.05) is 57.2 Å². The van der Waals surface area contributed by atoms with Gasteiger partial charge in [0, 0.05) is 16.8 Å². The monoisotopic (exact) mass is 380 g/mol. The highest BCUT2D eigenvalue weighted by molar-refractivity contribution is 7.15. The van der Waals surface area contributed by atoms with Crippen LogP contribution in [0.5, 0.6) is 0 Å². The van der Waals surface area contributed by atoms with E-state index in [0.717, 1.165) is 34.4 Å². The summed E-state index contributed by atoms with van der Waals surface area (Å²) < 4.78 is 0. The fourth-order valence-electron chi connectivity index (χ4n) is 3.26. The number of carbonyl (C=O) groups excluding carboxylic acids is 1. The normalized spacial score (nSPS) is 11.0. The number of carbonyl (C=O) groups is 1. The van der Waals surface area contributed by atoms with E-state index in [2.05, 4.69) is 31.3 Å². The maximum absolute atomic E-state index is 12.8. The zero-order valence-corrected chi connectivity index (χ0v) is 17.1. The molecule has 142 valence electrons. The van der Waals surface area contributed by atoms with Crippen LogP contribution in [-0.2, 0) is 0 Å². The summed E-state index contributed by atoms with van der Waals surface area (Å²) in [5, 5.41) is 4.01. The molecule has 2 heterocycles. The SMILES string of the molecule is CCCCCCCCNC(=O)c1cc(-c2ccc(C)s2)nc2ccccc12. The number of fused-ring (bicyclic) bond motifs is 1. The largest absolute Gasteiger partial charge is 0.352 e. The Hall–Kier alpha value is -2.20. The topological polar surface area (TPSA) is 42.0 Å². The highest BCUT2D eigenvalue weighted by Crippen LogP contribution is 2.29. The number of amides is 1. The predicted octanol–water partition coefficient (Wildman–Crippen LogP) is 6.36. The van der Waals surface area contributed by atoms with Gasteiger partial charge in [0.2, 0.25) is 0 Å². The van der Waals surface area contributed by atoms with Crippen molar-refractivity contribution in [3.8, 4) is 10.6 Å². The van der Waals surface area contributed by atoms with E-state index in [1.807, 2.05) is 30.3 Å². The molecule has 3 nitrogen and oxygen atoms in total. The minimum Gasteiger partial charge on any atom is -0.352 e. The zero-order valence-electron chi connectivity index (χ0n) is 16.3. The number of rotatable bonds is 9. The van der Waals surface area contributed by atoms with Gasteiger partial charge >= 0.3 is 0 Å². The summed E-state index contributed by atoms with van der Waals surface area (Å²) in [6.07, 6.45) is 7.33. The van der Waals surface area contributed by atoms with Crippen molar-refractivity contribution in [2.75, 3.05) is 6.54 Å². The van der Waals surface area contributed by atoms with Crippen LogP contribution in [0.3, 0.4) is 0 Å². The van der Waals surface area contributed by atoms with Gasteiger partial charge in [-0.2, -0.15) is 0 Å². The molecule has 0 saturated carbocycles. The van der Waals surface area contributed by atoms with Crippen LogP contribution < -0.4 is 5.32 Å². The lowest BCUT2D eigenvalue weighted by molar-refractivity contribution is 0.0954. The van der Waals surface area contributed by atoms with Gasteiger partial charge in [-0.25, -0.2) is 4.98 Å². The Bertz CT molecular complexity index is 900. The zero-order chi connectivity index (χ0) is 19.1. The van der Waals surface area contributed by atoms with Crippen LogP contribution in [-0.4, -0.2) is 17.4 Å². The molecule has 0 aliphatic carbocycles. The molecule has 1 N–H and O–H groups in total. The number of hydrogen-bond acceptors (Lipinski definition) is 3. The Kier molecular flexibility index (Phi) is 6.99. The van der Waals surface area contributed by atoms with Gasteiger partial charge in [-0.05, 0) is 37.6 Å². The molecule has 0 spiro atoms. The van der Waals surface area contributed by atoms with E-state index in [1.54, 1.807) is 11.3 Å². The number of nitrogens with one attached hydrogen (secondary N) is 1. The van der Waals surface area contributed by atoms with Gasteiger partial charge in [0.1, 0.15) is 0 Å². The van der Waals surface area contributed by atoms with E-state index in [9.17, 15) is 4.79 Å². The third-order valence-corrected chi connectivity index (χ3v) is 5.79. The van der Waals surface area contributed by atoms with E-state index >= 15 is 0 Å². The molecule has 0 saturated heterocycles. The first-order valence-electron chi connectivity index (χ1n) is 9.94. The van der Waals surface area contributed by atoms with Crippen molar-refractivity contribution >= 4 is 28.1 Å². The van der Waals surface area contributed by atoms with E-state index in [1.165, 1.54) is 37.0 Å². The molecule has 0 fully saturated rings. The number of benzene rings is 1. The lowest BCUT2D eigenvalue weighted by Crippen LogP contribution is -2.24. The second kappa shape index (κ2) is 9.65. The minimum atomic E-state index is -0.00307. The molecule has 0 radical (unpaired) electrons. The second-order valence-corrected chi connectivity index (χ2v) is 8.29. The van der Waals surface area contributed by atoms with Crippen molar-refractivity contribution < 1.29 is 4.79 Å². The molecular weight excluding hydrogens is 352 g/mol. The van der Waals surface area contributed by atoms with Crippen LogP contribution >= 0.6 is 11.3 Å². The lowest BCUT2D eigenvalue weighted by Gasteiger charge is -2.10. The van der Waals surface area contributed by atoms with Crippen molar-refractivity contribution in [2.45, 2.75) is 52.4 Å². The summed E-state index contributed by atoms with van der Waals surface area (Å²) in [6.45, 7) is 5.05. The van der Waals surface area contributed by atoms with Gasteiger partial charge < -0.3 is 5.32 Å². The van der Waals surface area contributed by atoms with Gasteiger partial charge in [0.15, 0.2) is 0 Å². The average molecular weight is 381 g/mol. The summed E-state index contributed by atoms with van der Waals surface area (Å²) in [7, 11) is 0. The number of nitrogens with zero attached hydrogens (tertiary/aromatic N) is 1. The lowest BCUT2D eigenvalue weighted by atomic mass is 10.1. The predicted molar refractivity (Wildman–Crippen MR) is 116 cm³/mol. The van der Waals surface area contributed by atoms with Crippen LogP contribution in [0.4, 0.5) is 0 Å². The highest BCUT2D eigenvalue weighted by Gasteiger charge is 2.14. The second-order valence-electron chi connectivity index (χ2n) is 7.01. The first-order chi connectivity index (χ1) is 13.2. The number of aryl methyl sites for hydroxylation is 1. The summed E-state index contributed by atoms with van der Waals surface area (Å²) in [6, 6.07) is 14.0. The molecule has 2 aromatic heterocycles. The Labute approximate surface area is 165 Å². The maximum Gasteiger partial charge on any atom is 0.252 e. The number of aromatic nitrogens is 1. The van der Waals surface area contributed by atoms with Crippen LogP contribution in [0.25, 0.3) is 21.5 Å². The molecule has 1 amide bonds. The maximum atomic E-state index is 12.8. The van der Waals surface area contributed by atoms with Crippen LogP contribution in [0.2, 0.25) is 0 Å². The Morgan fingerprint density at radius 3 is 2.59 bits per heavy atom. The summed E-state index contributed by atoms with van der Waals surface area (Å²) >= 11 is 1.71. The van der Waals surface area contributed by atoms with Crippen molar-refractivity contribution in [3.05, 3.63) is 52.9 Å². The van der Waals surface area contributed by atoms with Crippen LogP contribution in [0, 0.1) is 6.92 Å². The first kappa shape index (κ1) is 19.6. The highest BCUT2D eigenvalue weighted by atomic mass is 32.1. The van der Waals surface area contributed by atoms with E-state index in [-0.39, 0.29) is 5.91 Å². The molecule has 4 heteroatoms. The molecule has 0 bridgehead atoms. The minimum absolute atomic E-state index is 0.00307. The van der Waals surface area contributed by atoms with E-state index < -0.39 is 0 Å². The Morgan fingerprint density at radius 2 is 1.81 bits per heavy atom. The molecule has 1 aromatic carbocycles. The molecule has 0 atom stereocenters. The van der Waals surface area contributed by atoms with Crippen molar-refractivity contribution in [2.24, 2.45) is 0 Å². The fourth-order valence-corrected chi connectivity index (χ4v) is 4.09. The van der Waals surface area contributed by atoms with Gasteiger partial charge in [-0.3, -0.25) is 4.79 Å². The number of para-hydroxylation sites is 1. The molecule has 27 heavy (non-hydrogen) atoms. The smallest absolute Gasteiger partial charge is 0.252 e. The van der Waals surface area contributed by atoms with E-state index in [4.69, 9.17) is 4.98 Å². The van der Waals surface area contributed by atoms with Crippen molar-refractivity contribution in [3.63, 3.8) is 0 Å². The fraction of sp³-hybridized carbons (Fsp3) is 0.391. The van der Waals surface area contributed by atoms with E-state index in [0.29, 0.717) is 5.56 Å². The van der Waals surface area contributed by atoms with Crippen molar-refractivity contribution in [1.29, 1.82) is 0 Å².